The number of rotatable bonds is 4. The molecule has 0 N–H and O–H groups in total. The first-order chi connectivity index (χ1) is 7.93. The Morgan fingerprint density at radius 1 is 1.29 bits per heavy atom. The number of halogens is 3. The molecule has 0 aliphatic rings. The Kier molecular flexibility index (Phi) is 4.43. The second-order valence-corrected chi connectivity index (χ2v) is 5.44. The average Bonchev–Trinajstić information content (AvgIpc) is 2.31. The summed E-state index contributed by atoms with van der Waals surface area (Å²) in [6, 6.07) is 6.64. The third kappa shape index (κ3) is 2.93. The molecule has 92 valence electrons. The Morgan fingerprint density at radius 2 is 1.82 bits per heavy atom. The van der Waals surface area contributed by atoms with Crippen LogP contribution in [0.25, 0.3) is 0 Å². The lowest BCUT2D eigenvalue weighted by molar-refractivity contribution is 0.234. The lowest BCUT2D eigenvalue weighted by Gasteiger charge is -2.07. The zero-order valence-electron chi connectivity index (χ0n) is 8.48. The fourth-order valence-corrected chi connectivity index (χ4v) is 2.16. The van der Waals surface area contributed by atoms with Crippen molar-refractivity contribution in [2.45, 2.75) is 16.6 Å². The highest BCUT2D eigenvalue weighted by atomic mass is 35.5. The van der Waals surface area contributed by atoms with Gasteiger partial charge in [0.2, 0.25) is 9.84 Å². The zero-order chi connectivity index (χ0) is 13.1. The van der Waals surface area contributed by atoms with E-state index in [0.717, 1.165) is 12.1 Å². The van der Waals surface area contributed by atoms with Gasteiger partial charge in [0.25, 0.3) is 0 Å². The molecule has 0 heterocycles. The van der Waals surface area contributed by atoms with Crippen molar-refractivity contribution in [3.8, 4) is 6.07 Å². The zero-order valence-corrected chi connectivity index (χ0v) is 10.0. The van der Waals surface area contributed by atoms with E-state index in [-0.39, 0.29) is 5.88 Å². The van der Waals surface area contributed by atoms with E-state index in [1.165, 1.54) is 12.1 Å². The number of alkyl halides is 3. The van der Waals surface area contributed by atoms with E-state index in [1.807, 2.05) is 6.07 Å². The number of nitrogens with zero attached hydrogens (tertiary/aromatic N) is 1. The topological polar surface area (TPSA) is 57.9 Å². The first kappa shape index (κ1) is 13.9. The van der Waals surface area contributed by atoms with E-state index < -0.39 is 26.4 Å². The van der Waals surface area contributed by atoms with Gasteiger partial charge < -0.3 is 0 Å². The van der Waals surface area contributed by atoms with E-state index in [4.69, 9.17) is 16.9 Å². The fraction of sp³-hybridized carbons (Fsp3) is 0.300. The molecule has 0 spiro atoms. The summed E-state index contributed by atoms with van der Waals surface area (Å²) in [5.74, 6) is -3.98. The van der Waals surface area contributed by atoms with Crippen LogP contribution in [0.4, 0.5) is 8.78 Å². The minimum absolute atomic E-state index is 0.0530. The monoisotopic (exact) mass is 279 g/mol. The van der Waals surface area contributed by atoms with Crippen molar-refractivity contribution >= 4 is 21.4 Å². The maximum atomic E-state index is 12.2. The van der Waals surface area contributed by atoms with E-state index in [9.17, 15) is 17.2 Å². The smallest absolute Gasteiger partial charge is 0.218 e. The summed E-state index contributed by atoms with van der Waals surface area (Å²) >= 11 is 5.52. The molecule has 1 atom stereocenters. The highest BCUT2D eigenvalue weighted by molar-refractivity contribution is 7.91. The van der Waals surface area contributed by atoms with Crippen LogP contribution in [-0.2, 0) is 9.84 Å². The maximum absolute atomic E-state index is 12.2. The summed E-state index contributed by atoms with van der Waals surface area (Å²) in [5, 5.41) is 8.72. The van der Waals surface area contributed by atoms with Crippen molar-refractivity contribution in [1.29, 1.82) is 5.26 Å². The quantitative estimate of drug-likeness (QED) is 0.796. The first-order valence-electron chi connectivity index (χ1n) is 4.51. The number of hydrogen-bond donors (Lipinski definition) is 0. The number of nitriles is 1. The summed E-state index contributed by atoms with van der Waals surface area (Å²) in [4.78, 5) is -0.470. The second kappa shape index (κ2) is 5.43. The Morgan fingerprint density at radius 3 is 2.18 bits per heavy atom. The highest BCUT2D eigenvalue weighted by Gasteiger charge is 2.26. The van der Waals surface area contributed by atoms with Crippen LogP contribution < -0.4 is 0 Å². The molecule has 7 heteroatoms. The van der Waals surface area contributed by atoms with Crippen LogP contribution >= 0.6 is 11.6 Å². The van der Waals surface area contributed by atoms with Gasteiger partial charge in [-0.25, -0.2) is 8.42 Å². The summed E-state index contributed by atoms with van der Waals surface area (Å²) in [5.41, 5.74) is 0.496. The molecule has 0 aliphatic carbocycles. The van der Waals surface area contributed by atoms with Crippen LogP contribution in [0.2, 0.25) is 0 Å². The molecule has 3 nitrogen and oxygen atoms in total. The minimum atomic E-state index is -4.58. The molecule has 17 heavy (non-hydrogen) atoms. The predicted octanol–water partition coefficient (Wildman–Crippen LogP) is 2.53. The second-order valence-electron chi connectivity index (χ2n) is 3.21. The minimum Gasteiger partial charge on any atom is -0.218 e. The van der Waals surface area contributed by atoms with Crippen molar-refractivity contribution in [2.24, 2.45) is 0 Å². The lowest BCUT2D eigenvalue weighted by atomic mass is 10.0. The van der Waals surface area contributed by atoms with Crippen molar-refractivity contribution < 1.29 is 17.2 Å². The Balaban J connectivity index is 3.09. The normalized spacial score (nSPS) is 13.4. The van der Waals surface area contributed by atoms with Gasteiger partial charge in [0.15, 0.2) is 0 Å². The van der Waals surface area contributed by atoms with Crippen molar-refractivity contribution in [3.05, 3.63) is 29.8 Å². The molecule has 1 unspecified atom stereocenters. The molecule has 1 aromatic carbocycles. The van der Waals surface area contributed by atoms with Crippen LogP contribution in [0.3, 0.4) is 0 Å². The molecule has 1 rings (SSSR count). The molecule has 0 saturated heterocycles. The van der Waals surface area contributed by atoms with E-state index in [2.05, 4.69) is 0 Å². The van der Waals surface area contributed by atoms with Gasteiger partial charge in [0.05, 0.1) is 16.9 Å². The Labute approximate surface area is 103 Å². The van der Waals surface area contributed by atoms with Crippen molar-refractivity contribution in [2.75, 3.05) is 5.88 Å². The van der Waals surface area contributed by atoms with Gasteiger partial charge in [-0.1, -0.05) is 12.1 Å². The Bertz CT molecular complexity index is 522. The molecule has 0 radical (unpaired) electrons. The summed E-state index contributed by atoms with van der Waals surface area (Å²) in [6.07, 6.45) is 0. The van der Waals surface area contributed by atoms with Crippen LogP contribution in [0, 0.1) is 11.3 Å². The number of hydrogen-bond acceptors (Lipinski definition) is 3. The van der Waals surface area contributed by atoms with Gasteiger partial charge in [0, 0.05) is 5.88 Å². The fourth-order valence-electron chi connectivity index (χ4n) is 1.19. The molecular weight excluding hydrogens is 272 g/mol. The molecule has 0 amide bonds. The molecule has 0 bridgehead atoms. The first-order valence-corrected chi connectivity index (χ1v) is 6.59. The van der Waals surface area contributed by atoms with Gasteiger partial charge in [0.1, 0.15) is 0 Å². The molecule has 1 aromatic rings. The van der Waals surface area contributed by atoms with Crippen LogP contribution in [0.5, 0.6) is 0 Å². The van der Waals surface area contributed by atoms with Gasteiger partial charge in [-0.15, -0.1) is 11.6 Å². The summed E-state index contributed by atoms with van der Waals surface area (Å²) in [7, 11) is -4.58. The largest absolute Gasteiger partial charge is 0.341 e. The maximum Gasteiger partial charge on any atom is 0.341 e. The van der Waals surface area contributed by atoms with Gasteiger partial charge in [-0.3, -0.25) is 0 Å². The standard InChI is InChI=1S/C10H8ClF2NO2S/c11-5-8(6-14)7-1-3-9(4-2-7)17(15,16)10(12)13/h1-4,8,10H,5H2. The molecular formula is C10H8ClF2NO2S. The molecule has 0 fully saturated rings. The van der Waals surface area contributed by atoms with Crippen LogP contribution in [-0.4, -0.2) is 20.1 Å². The Hall–Kier alpha value is -1.19. The number of benzene rings is 1. The number of sulfone groups is 1. The van der Waals surface area contributed by atoms with Crippen LogP contribution in [0.15, 0.2) is 29.2 Å². The highest BCUT2D eigenvalue weighted by Crippen LogP contribution is 2.22. The van der Waals surface area contributed by atoms with Gasteiger partial charge in [-0.2, -0.15) is 14.0 Å². The molecule has 0 aliphatic heterocycles. The lowest BCUT2D eigenvalue weighted by Crippen LogP contribution is -2.11. The average molecular weight is 280 g/mol. The van der Waals surface area contributed by atoms with E-state index in [0.29, 0.717) is 5.56 Å². The predicted molar refractivity (Wildman–Crippen MR) is 58.7 cm³/mol. The third-order valence-corrected chi connectivity index (χ3v) is 3.86. The summed E-state index contributed by atoms with van der Waals surface area (Å²) < 4.78 is 46.7. The SMILES string of the molecule is N#CC(CCl)c1ccc(S(=O)(=O)C(F)F)cc1. The van der Waals surface area contributed by atoms with Gasteiger partial charge in [-0.05, 0) is 17.7 Å². The van der Waals surface area contributed by atoms with Crippen LogP contribution in [0.1, 0.15) is 11.5 Å². The third-order valence-electron chi connectivity index (χ3n) is 2.16. The van der Waals surface area contributed by atoms with E-state index in [1.54, 1.807) is 0 Å². The summed E-state index contributed by atoms with van der Waals surface area (Å²) in [6.45, 7) is 0. The van der Waals surface area contributed by atoms with Crippen molar-refractivity contribution in [3.63, 3.8) is 0 Å². The van der Waals surface area contributed by atoms with E-state index >= 15 is 0 Å². The van der Waals surface area contributed by atoms with Gasteiger partial charge >= 0.3 is 5.76 Å². The molecule has 0 aromatic heterocycles. The molecule has 0 saturated carbocycles. The van der Waals surface area contributed by atoms with Crippen molar-refractivity contribution in [1.82, 2.24) is 0 Å².